The van der Waals surface area contributed by atoms with Crippen molar-refractivity contribution < 1.29 is 14.7 Å². The molecule has 0 spiro atoms. The molecule has 1 rings (SSSR count). The number of amides is 1. The normalized spacial score (nSPS) is 27.6. The number of carbonyl (C=O) groups is 2. The third-order valence-electron chi connectivity index (χ3n) is 3.28. The van der Waals surface area contributed by atoms with Gasteiger partial charge in [-0.15, -0.1) is 0 Å². The van der Waals surface area contributed by atoms with Gasteiger partial charge >= 0.3 is 5.97 Å². The van der Waals surface area contributed by atoms with Gasteiger partial charge in [-0.1, -0.05) is 6.92 Å². The highest BCUT2D eigenvalue weighted by Crippen LogP contribution is 2.29. The van der Waals surface area contributed by atoms with Crippen LogP contribution in [0.5, 0.6) is 0 Å². The maximum atomic E-state index is 11.8. The van der Waals surface area contributed by atoms with Crippen LogP contribution < -0.4 is 5.73 Å². The van der Waals surface area contributed by atoms with Crippen molar-refractivity contribution in [3.05, 3.63) is 0 Å². The van der Waals surface area contributed by atoms with Crippen LogP contribution in [0.25, 0.3) is 0 Å². The number of likely N-dealkylation sites (tertiary alicyclic amines) is 1. The number of aliphatic carboxylic acids is 1. The molecule has 5 heteroatoms. The maximum absolute atomic E-state index is 11.8. The molecule has 5 nitrogen and oxygen atoms in total. The Hall–Kier alpha value is -1.10. The van der Waals surface area contributed by atoms with Crippen LogP contribution in [0.15, 0.2) is 0 Å². The molecule has 2 atom stereocenters. The molecule has 16 heavy (non-hydrogen) atoms. The molecule has 1 heterocycles. The number of carboxylic acid groups (broad SMARTS) is 1. The second-order valence-electron chi connectivity index (χ2n) is 4.74. The van der Waals surface area contributed by atoms with E-state index in [2.05, 4.69) is 0 Å². The summed E-state index contributed by atoms with van der Waals surface area (Å²) in [7, 11) is 0. The summed E-state index contributed by atoms with van der Waals surface area (Å²) in [6.45, 7) is 4.43. The van der Waals surface area contributed by atoms with Crippen molar-refractivity contribution in [1.82, 2.24) is 4.90 Å². The van der Waals surface area contributed by atoms with E-state index in [9.17, 15) is 9.59 Å². The number of piperidine rings is 1. The zero-order chi connectivity index (χ0) is 12.3. The fraction of sp³-hybridized carbons (Fsp3) is 0.818. The fourth-order valence-electron chi connectivity index (χ4n) is 2.01. The lowest BCUT2D eigenvalue weighted by Gasteiger charge is -2.38. The van der Waals surface area contributed by atoms with Crippen molar-refractivity contribution in [1.29, 1.82) is 0 Å². The van der Waals surface area contributed by atoms with E-state index in [0.29, 0.717) is 19.4 Å². The Balaban J connectivity index is 2.71. The number of hydrogen-bond donors (Lipinski definition) is 2. The van der Waals surface area contributed by atoms with Crippen LogP contribution in [0.4, 0.5) is 0 Å². The first kappa shape index (κ1) is 13.0. The Bertz CT molecular complexity index is 293. The molecule has 3 N–H and O–H groups in total. The molecule has 0 aliphatic carbocycles. The van der Waals surface area contributed by atoms with Crippen molar-refractivity contribution in [2.75, 3.05) is 13.1 Å². The summed E-state index contributed by atoms with van der Waals surface area (Å²) >= 11 is 0. The highest BCUT2D eigenvalue weighted by molar-refractivity contribution is 5.83. The van der Waals surface area contributed by atoms with Crippen LogP contribution in [0.2, 0.25) is 0 Å². The van der Waals surface area contributed by atoms with Crippen molar-refractivity contribution in [3.8, 4) is 0 Å². The predicted molar refractivity (Wildman–Crippen MR) is 59.8 cm³/mol. The minimum Gasteiger partial charge on any atom is -0.481 e. The Morgan fingerprint density at radius 1 is 1.56 bits per heavy atom. The molecule has 1 unspecified atom stereocenters. The molecule has 0 aromatic carbocycles. The van der Waals surface area contributed by atoms with Crippen LogP contribution in [-0.2, 0) is 9.59 Å². The van der Waals surface area contributed by atoms with E-state index in [0.717, 1.165) is 6.42 Å². The molecule has 1 saturated heterocycles. The molecular weight excluding hydrogens is 208 g/mol. The van der Waals surface area contributed by atoms with Crippen molar-refractivity contribution >= 4 is 11.9 Å². The zero-order valence-corrected chi connectivity index (χ0v) is 9.90. The van der Waals surface area contributed by atoms with Gasteiger partial charge in [0.25, 0.3) is 0 Å². The lowest BCUT2D eigenvalue weighted by Crippen LogP contribution is -2.52. The van der Waals surface area contributed by atoms with Crippen LogP contribution in [0, 0.1) is 5.41 Å². The summed E-state index contributed by atoms with van der Waals surface area (Å²) in [6.07, 6.45) is 1.93. The van der Waals surface area contributed by atoms with E-state index >= 15 is 0 Å². The first-order valence-electron chi connectivity index (χ1n) is 5.68. The monoisotopic (exact) mass is 228 g/mol. The van der Waals surface area contributed by atoms with Gasteiger partial charge in [-0.25, -0.2) is 0 Å². The Morgan fingerprint density at radius 3 is 2.69 bits per heavy atom. The van der Waals surface area contributed by atoms with Gasteiger partial charge in [0.2, 0.25) is 5.91 Å². The number of carbonyl (C=O) groups excluding carboxylic acids is 1. The molecule has 0 bridgehead atoms. The second-order valence-corrected chi connectivity index (χ2v) is 4.74. The quantitative estimate of drug-likeness (QED) is 0.734. The molecule has 0 aromatic rings. The number of hydrogen-bond acceptors (Lipinski definition) is 3. The van der Waals surface area contributed by atoms with Gasteiger partial charge in [0.05, 0.1) is 11.5 Å². The Labute approximate surface area is 95.6 Å². The highest BCUT2D eigenvalue weighted by atomic mass is 16.4. The maximum Gasteiger partial charge on any atom is 0.311 e. The average Bonchev–Trinajstić information content (AvgIpc) is 2.27. The van der Waals surface area contributed by atoms with E-state index in [4.69, 9.17) is 10.8 Å². The molecule has 0 aromatic heterocycles. The molecule has 0 saturated carbocycles. The molecule has 1 aliphatic rings. The molecule has 1 fully saturated rings. The lowest BCUT2D eigenvalue weighted by atomic mass is 9.82. The van der Waals surface area contributed by atoms with Gasteiger partial charge in [-0.3, -0.25) is 9.59 Å². The van der Waals surface area contributed by atoms with Crippen LogP contribution in [0.1, 0.15) is 33.1 Å². The summed E-state index contributed by atoms with van der Waals surface area (Å²) in [5, 5.41) is 9.12. The third kappa shape index (κ3) is 2.52. The van der Waals surface area contributed by atoms with Crippen LogP contribution >= 0.6 is 0 Å². The topological polar surface area (TPSA) is 83.6 Å². The highest BCUT2D eigenvalue weighted by Gasteiger charge is 2.39. The Morgan fingerprint density at radius 2 is 2.19 bits per heavy atom. The van der Waals surface area contributed by atoms with E-state index < -0.39 is 17.4 Å². The molecule has 1 aliphatic heterocycles. The molecular formula is C11H20N2O3. The second kappa shape index (κ2) is 4.82. The van der Waals surface area contributed by atoms with E-state index in [-0.39, 0.29) is 12.5 Å². The van der Waals surface area contributed by atoms with Gasteiger partial charge in [0, 0.05) is 13.1 Å². The summed E-state index contributed by atoms with van der Waals surface area (Å²) in [4.78, 5) is 24.6. The van der Waals surface area contributed by atoms with Gasteiger partial charge in [-0.2, -0.15) is 0 Å². The van der Waals surface area contributed by atoms with Crippen LogP contribution in [-0.4, -0.2) is 41.0 Å². The van der Waals surface area contributed by atoms with E-state index in [1.54, 1.807) is 11.8 Å². The average molecular weight is 228 g/mol. The van der Waals surface area contributed by atoms with Gasteiger partial charge in [0.15, 0.2) is 0 Å². The first-order chi connectivity index (χ1) is 7.40. The summed E-state index contributed by atoms with van der Waals surface area (Å²) < 4.78 is 0. The summed E-state index contributed by atoms with van der Waals surface area (Å²) in [5.41, 5.74) is 4.86. The molecule has 1 amide bonds. The lowest BCUT2D eigenvalue weighted by molar-refractivity contribution is -0.153. The number of rotatable bonds is 3. The van der Waals surface area contributed by atoms with Gasteiger partial charge < -0.3 is 15.7 Å². The first-order valence-corrected chi connectivity index (χ1v) is 5.68. The van der Waals surface area contributed by atoms with Gasteiger partial charge in [0.1, 0.15) is 0 Å². The predicted octanol–water partition coefficient (Wildman–Crippen LogP) is 0.437. The standard InChI is InChI=1S/C11H20N2O3/c1-3-8(12)9(14)13-6-4-5-11(2,7-13)10(15)16/h8H,3-7,12H2,1-2H3,(H,15,16)/t8-,11?/m1/s1. The fourth-order valence-corrected chi connectivity index (χ4v) is 2.01. The smallest absolute Gasteiger partial charge is 0.311 e. The van der Waals surface area contributed by atoms with E-state index in [1.165, 1.54) is 0 Å². The summed E-state index contributed by atoms with van der Waals surface area (Å²) in [6, 6.07) is -0.504. The van der Waals surface area contributed by atoms with Crippen LogP contribution in [0.3, 0.4) is 0 Å². The van der Waals surface area contributed by atoms with E-state index in [1.807, 2.05) is 6.92 Å². The number of nitrogens with two attached hydrogens (primary N) is 1. The minimum absolute atomic E-state index is 0.130. The number of carboxylic acids is 1. The Kier molecular flexibility index (Phi) is 3.91. The van der Waals surface area contributed by atoms with Gasteiger partial charge in [-0.05, 0) is 26.2 Å². The minimum atomic E-state index is -0.838. The summed E-state index contributed by atoms with van der Waals surface area (Å²) in [5.74, 6) is -0.968. The number of nitrogens with zero attached hydrogens (tertiary/aromatic N) is 1. The molecule has 0 radical (unpaired) electrons. The third-order valence-corrected chi connectivity index (χ3v) is 3.28. The largest absolute Gasteiger partial charge is 0.481 e. The molecule has 92 valence electrons. The van der Waals surface area contributed by atoms with Crippen molar-refractivity contribution in [3.63, 3.8) is 0 Å². The van der Waals surface area contributed by atoms with Crippen molar-refractivity contribution in [2.45, 2.75) is 39.2 Å². The van der Waals surface area contributed by atoms with Crippen molar-refractivity contribution in [2.24, 2.45) is 11.1 Å². The SMILES string of the molecule is CC[C@@H](N)C(=O)N1CCCC(C)(C(=O)O)C1. The zero-order valence-electron chi connectivity index (χ0n) is 9.90.